The minimum absolute atomic E-state index is 0.0828. The predicted molar refractivity (Wildman–Crippen MR) is 128 cm³/mol. The number of hydrogen-bond acceptors (Lipinski definition) is 5. The lowest BCUT2D eigenvalue weighted by Crippen LogP contribution is -2.41. The number of amides is 1. The normalized spacial score (nSPS) is 11.0. The molecule has 0 saturated heterocycles. The second-order valence-electron chi connectivity index (χ2n) is 7.40. The quantitative estimate of drug-likeness (QED) is 0.417. The lowest BCUT2D eigenvalue weighted by atomic mass is 10.1. The zero-order valence-electron chi connectivity index (χ0n) is 19.0. The average Bonchev–Trinajstić information content (AvgIpc) is 2.86. The molecule has 0 aliphatic rings. The van der Waals surface area contributed by atoms with Gasteiger partial charge in [0.15, 0.2) is 0 Å². The smallest absolute Gasteiger partial charge is 0.264 e. The minimum Gasteiger partial charge on any atom is -0.497 e. The lowest BCUT2D eigenvalue weighted by Gasteiger charge is -2.24. The van der Waals surface area contributed by atoms with Gasteiger partial charge >= 0.3 is 0 Å². The van der Waals surface area contributed by atoms with Crippen molar-refractivity contribution in [2.24, 2.45) is 0 Å². The minimum atomic E-state index is -4.22. The van der Waals surface area contributed by atoms with Crippen LogP contribution in [0.2, 0.25) is 0 Å². The van der Waals surface area contributed by atoms with Crippen LogP contribution in [0.15, 0.2) is 77.7 Å². The molecule has 3 rings (SSSR count). The highest BCUT2D eigenvalue weighted by Gasteiger charge is 2.29. The van der Waals surface area contributed by atoms with Gasteiger partial charge in [-0.15, -0.1) is 0 Å². The third-order valence-corrected chi connectivity index (χ3v) is 6.97. The molecule has 1 amide bonds. The highest BCUT2D eigenvalue weighted by molar-refractivity contribution is 7.92. The summed E-state index contributed by atoms with van der Waals surface area (Å²) in [5.41, 5.74) is 0.803. The van der Waals surface area contributed by atoms with Crippen LogP contribution in [0.4, 0.5) is 10.1 Å². The molecule has 0 aliphatic carbocycles. The van der Waals surface area contributed by atoms with Crippen LogP contribution in [-0.4, -0.2) is 41.6 Å². The predicted octanol–water partition coefficient (Wildman–Crippen LogP) is 3.79. The van der Waals surface area contributed by atoms with E-state index in [1.165, 1.54) is 49.6 Å². The number of rotatable bonds is 11. The highest BCUT2D eigenvalue weighted by atomic mass is 32.2. The number of benzene rings is 3. The number of para-hydroxylation sites is 2. The van der Waals surface area contributed by atoms with Gasteiger partial charge in [0, 0.05) is 6.54 Å². The summed E-state index contributed by atoms with van der Waals surface area (Å²) in [4.78, 5) is 12.6. The molecule has 3 aromatic rings. The zero-order chi connectivity index (χ0) is 24.6. The second-order valence-corrected chi connectivity index (χ2v) is 9.27. The molecule has 9 heteroatoms. The van der Waals surface area contributed by atoms with Gasteiger partial charge in [0.25, 0.3) is 10.0 Å². The van der Waals surface area contributed by atoms with Crippen LogP contribution in [0.1, 0.15) is 12.0 Å². The van der Waals surface area contributed by atoms with Crippen LogP contribution in [-0.2, 0) is 21.2 Å². The lowest BCUT2D eigenvalue weighted by molar-refractivity contribution is -0.119. The third kappa shape index (κ3) is 6.05. The first-order valence-electron chi connectivity index (χ1n) is 10.7. The first kappa shape index (κ1) is 25.0. The van der Waals surface area contributed by atoms with Gasteiger partial charge in [-0.3, -0.25) is 9.10 Å². The standard InChI is InChI=1S/C25H27FN2O5S/c1-32-20-13-15-21(16-14-20)34(30,31)28(23-11-5-4-10-22(23)26)18-25(29)27-17-7-9-19-8-3-6-12-24(19)33-2/h3-6,8,10-16H,7,9,17-18H2,1-2H3,(H,27,29). The first-order valence-corrected chi connectivity index (χ1v) is 12.1. The van der Waals surface area contributed by atoms with Crippen molar-refractivity contribution in [3.8, 4) is 11.5 Å². The Balaban J connectivity index is 1.73. The van der Waals surface area contributed by atoms with Gasteiger partial charge in [0.05, 0.1) is 24.8 Å². The second kappa shape index (κ2) is 11.5. The molecule has 0 saturated carbocycles. The van der Waals surface area contributed by atoms with Crippen LogP contribution in [0.25, 0.3) is 0 Å². The number of hydrogen-bond donors (Lipinski definition) is 1. The third-order valence-electron chi connectivity index (χ3n) is 5.19. The molecule has 0 aromatic heterocycles. The first-order chi connectivity index (χ1) is 16.4. The van der Waals surface area contributed by atoms with Gasteiger partial charge in [-0.2, -0.15) is 0 Å². The number of halogens is 1. The van der Waals surface area contributed by atoms with Gasteiger partial charge in [0.1, 0.15) is 23.9 Å². The van der Waals surface area contributed by atoms with Gasteiger partial charge < -0.3 is 14.8 Å². The number of carbonyl (C=O) groups is 1. The molecule has 0 spiro atoms. The van der Waals surface area contributed by atoms with E-state index in [4.69, 9.17) is 9.47 Å². The number of nitrogens with one attached hydrogen (secondary N) is 1. The van der Waals surface area contributed by atoms with E-state index < -0.39 is 28.3 Å². The number of methoxy groups -OCH3 is 2. The summed E-state index contributed by atoms with van der Waals surface area (Å²) in [6, 6.07) is 18.7. The van der Waals surface area contributed by atoms with Crippen molar-refractivity contribution in [2.75, 3.05) is 31.6 Å². The summed E-state index contributed by atoms with van der Waals surface area (Å²) >= 11 is 0. The topological polar surface area (TPSA) is 84.9 Å². The summed E-state index contributed by atoms with van der Waals surface area (Å²) in [5.74, 6) is -0.0433. The van der Waals surface area contributed by atoms with E-state index in [1.807, 2.05) is 24.3 Å². The summed E-state index contributed by atoms with van der Waals surface area (Å²) in [6.45, 7) is -0.242. The molecule has 1 N–H and O–H groups in total. The maximum atomic E-state index is 14.6. The van der Waals surface area contributed by atoms with E-state index in [0.29, 0.717) is 25.1 Å². The van der Waals surface area contributed by atoms with E-state index in [-0.39, 0.29) is 10.6 Å². The molecule has 7 nitrogen and oxygen atoms in total. The molecule has 34 heavy (non-hydrogen) atoms. The SMILES string of the molecule is COc1ccc(S(=O)(=O)N(CC(=O)NCCCc2ccccc2OC)c2ccccc2F)cc1. The maximum absolute atomic E-state index is 14.6. The molecule has 0 heterocycles. The number of anilines is 1. The van der Waals surface area contributed by atoms with Crippen molar-refractivity contribution in [3.63, 3.8) is 0 Å². The Kier molecular flexibility index (Phi) is 8.48. The van der Waals surface area contributed by atoms with Crippen LogP contribution in [0, 0.1) is 5.82 Å². The Morgan fingerprint density at radius 3 is 2.29 bits per heavy atom. The number of ether oxygens (including phenoxy) is 2. The van der Waals surface area contributed by atoms with E-state index in [9.17, 15) is 17.6 Å². The molecule has 0 atom stereocenters. The fourth-order valence-corrected chi connectivity index (χ4v) is 4.86. The Hall–Kier alpha value is -3.59. The number of carbonyl (C=O) groups excluding carboxylic acids is 1. The number of nitrogens with zero attached hydrogens (tertiary/aromatic N) is 1. The Bertz CT molecular complexity index is 1220. The Morgan fingerprint density at radius 2 is 1.62 bits per heavy atom. The Morgan fingerprint density at radius 1 is 0.941 bits per heavy atom. The highest BCUT2D eigenvalue weighted by Crippen LogP contribution is 2.27. The number of sulfonamides is 1. The average molecular weight is 487 g/mol. The summed E-state index contributed by atoms with van der Waals surface area (Å²) in [6.07, 6.45) is 1.29. The van der Waals surface area contributed by atoms with Crippen molar-refractivity contribution < 1.29 is 27.1 Å². The van der Waals surface area contributed by atoms with Gasteiger partial charge in [-0.25, -0.2) is 12.8 Å². The molecular formula is C25H27FN2O5S. The molecule has 0 aliphatic heterocycles. The number of aryl methyl sites for hydroxylation is 1. The van der Waals surface area contributed by atoms with Crippen molar-refractivity contribution >= 4 is 21.6 Å². The monoisotopic (exact) mass is 486 g/mol. The van der Waals surface area contributed by atoms with Crippen LogP contribution in [0.3, 0.4) is 0 Å². The van der Waals surface area contributed by atoms with Gasteiger partial charge in [-0.1, -0.05) is 30.3 Å². The van der Waals surface area contributed by atoms with Gasteiger partial charge in [0.2, 0.25) is 5.91 Å². The van der Waals surface area contributed by atoms with E-state index in [1.54, 1.807) is 7.11 Å². The summed E-state index contributed by atoms with van der Waals surface area (Å²) in [7, 11) is -1.15. The summed E-state index contributed by atoms with van der Waals surface area (Å²) in [5, 5.41) is 2.72. The molecule has 0 radical (unpaired) electrons. The van der Waals surface area contributed by atoms with Crippen molar-refractivity contribution in [1.29, 1.82) is 0 Å². The Labute approximate surface area is 199 Å². The fourth-order valence-electron chi connectivity index (χ4n) is 3.43. The molecular weight excluding hydrogens is 459 g/mol. The van der Waals surface area contributed by atoms with Crippen LogP contribution >= 0.6 is 0 Å². The van der Waals surface area contributed by atoms with E-state index in [2.05, 4.69) is 5.32 Å². The van der Waals surface area contributed by atoms with Crippen molar-refractivity contribution in [1.82, 2.24) is 5.32 Å². The van der Waals surface area contributed by atoms with Gasteiger partial charge in [-0.05, 0) is 60.9 Å². The molecule has 0 unspecified atom stereocenters. The van der Waals surface area contributed by atoms with Crippen molar-refractivity contribution in [3.05, 3.63) is 84.2 Å². The van der Waals surface area contributed by atoms with Crippen molar-refractivity contribution in [2.45, 2.75) is 17.7 Å². The van der Waals surface area contributed by atoms with Crippen LogP contribution < -0.4 is 19.1 Å². The molecule has 3 aromatic carbocycles. The fraction of sp³-hybridized carbons (Fsp3) is 0.240. The van der Waals surface area contributed by atoms with E-state index in [0.717, 1.165) is 21.7 Å². The largest absolute Gasteiger partial charge is 0.497 e. The molecule has 0 bridgehead atoms. The summed E-state index contributed by atoms with van der Waals surface area (Å²) < 4.78 is 52.4. The van der Waals surface area contributed by atoms with E-state index >= 15 is 0 Å². The zero-order valence-corrected chi connectivity index (χ0v) is 19.8. The molecule has 0 fully saturated rings. The molecule has 180 valence electrons. The maximum Gasteiger partial charge on any atom is 0.264 e. The van der Waals surface area contributed by atoms with Crippen LogP contribution in [0.5, 0.6) is 11.5 Å².